The zero-order valence-electron chi connectivity index (χ0n) is 14.2. The zero-order chi connectivity index (χ0) is 16.4. The van der Waals surface area contributed by atoms with Gasteiger partial charge in [-0.1, -0.05) is 13.8 Å². The molecule has 2 N–H and O–H groups in total. The van der Waals surface area contributed by atoms with Crippen LogP contribution in [0.5, 0.6) is 0 Å². The molecule has 2 fully saturated rings. The monoisotopic (exact) mass is 367 g/mol. The number of amides is 1. The third-order valence-electron chi connectivity index (χ3n) is 4.92. The lowest BCUT2D eigenvalue weighted by atomic mass is 9.79. The van der Waals surface area contributed by atoms with Crippen molar-refractivity contribution < 1.29 is 13.2 Å². The average Bonchev–Trinajstić information content (AvgIpc) is 2.96. The van der Waals surface area contributed by atoms with Crippen LogP contribution >= 0.6 is 12.4 Å². The van der Waals surface area contributed by atoms with Crippen LogP contribution in [0.15, 0.2) is 0 Å². The highest BCUT2D eigenvalue weighted by Crippen LogP contribution is 2.28. The van der Waals surface area contributed by atoms with E-state index in [0.29, 0.717) is 39.0 Å². The summed E-state index contributed by atoms with van der Waals surface area (Å²) in [6.07, 6.45) is 3.41. The number of carbonyl (C=O) groups is 1. The summed E-state index contributed by atoms with van der Waals surface area (Å²) in [5, 5.41) is 0. The number of piperidine rings is 1. The van der Waals surface area contributed by atoms with Crippen LogP contribution in [0.1, 0.15) is 46.0 Å². The van der Waals surface area contributed by atoms with Gasteiger partial charge in [0.1, 0.15) is 0 Å². The maximum Gasteiger partial charge on any atom is 0.222 e. The number of hydrogen-bond acceptors (Lipinski definition) is 4. The van der Waals surface area contributed by atoms with Gasteiger partial charge in [0.25, 0.3) is 0 Å². The van der Waals surface area contributed by atoms with Crippen molar-refractivity contribution in [1.82, 2.24) is 9.21 Å². The van der Waals surface area contributed by atoms with Crippen LogP contribution in [0.25, 0.3) is 0 Å². The summed E-state index contributed by atoms with van der Waals surface area (Å²) in [7, 11) is -3.18. The summed E-state index contributed by atoms with van der Waals surface area (Å²) in [6, 6.07) is 0.118. The summed E-state index contributed by atoms with van der Waals surface area (Å²) in [6.45, 7) is 6.76. The van der Waals surface area contributed by atoms with Crippen LogP contribution in [-0.4, -0.2) is 61.5 Å². The quantitative estimate of drug-likeness (QED) is 0.791. The van der Waals surface area contributed by atoms with E-state index in [1.807, 2.05) is 4.90 Å². The molecule has 8 heteroatoms. The summed E-state index contributed by atoms with van der Waals surface area (Å²) < 4.78 is 25.8. The molecule has 23 heavy (non-hydrogen) atoms. The molecule has 2 aliphatic rings. The molecule has 0 aliphatic carbocycles. The van der Waals surface area contributed by atoms with Gasteiger partial charge >= 0.3 is 0 Å². The Labute approximate surface area is 146 Å². The molecule has 2 heterocycles. The molecule has 2 saturated heterocycles. The number of likely N-dealkylation sites (tertiary alicyclic amines) is 1. The molecule has 0 aromatic heterocycles. The highest BCUT2D eigenvalue weighted by molar-refractivity contribution is 7.89. The van der Waals surface area contributed by atoms with Gasteiger partial charge in [-0.2, -0.15) is 0 Å². The molecule has 1 amide bonds. The summed E-state index contributed by atoms with van der Waals surface area (Å²) in [5.74, 6) is 0.131. The Kier molecular flexibility index (Phi) is 7.32. The first-order valence-corrected chi connectivity index (χ1v) is 9.84. The minimum Gasteiger partial charge on any atom is -0.342 e. The fourth-order valence-corrected chi connectivity index (χ4v) is 4.83. The predicted molar refractivity (Wildman–Crippen MR) is 94.0 cm³/mol. The number of nitrogens with zero attached hydrogens (tertiary/aromatic N) is 2. The largest absolute Gasteiger partial charge is 0.342 e. The van der Waals surface area contributed by atoms with Crippen molar-refractivity contribution in [3.63, 3.8) is 0 Å². The highest BCUT2D eigenvalue weighted by atomic mass is 35.5. The number of hydrogen-bond donors (Lipinski definition) is 1. The summed E-state index contributed by atoms with van der Waals surface area (Å²) in [4.78, 5) is 14.1. The topological polar surface area (TPSA) is 83.7 Å². The van der Waals surface area contributed by atoms with E-state index in [1.54, 1.807) is 4.31 Å². The van der Waals surface area contributed by atoms with E-state index in [2.05, 4.69) is 13.8 Å². The lowest BCUT2D eigenvalue weighted by Gasteiger charge is -2.42. The number of nitrogens with two attached hydrogens (primary N) is 1. The first kappa shape index (κ1) is 20.7. The smallest absolute Gasteiger partial charge is 0.222 e. The van der Waals surface area contributed by atoms with E-state index in [1.165, 1.54) is 0 Å². The molecule has 0 saturated carbocycles. The zero-order valence-corrected chi connectivity index (χ0v) is 15.8. The van der Waals surface area contributed by atoms with Crippen LogP contribution in [0.4, 0.5) is 0 Å². The van der Waals surface area contributed by atoms with Gasteiger partial charge in [0.2, 0.25) is 15.9 Å². The summed E-state index contributed by atoms with van der Waals surface area (Å²) >= 11 is 0. The third kappa shape index (κ3) is 5.31. The van der Waals surface area contributed by atoms with Crippen LogP contribution < -0.4 is 5.73 Å². The molecule has 1 atom stereocenters. The minimum absolute atomic E-state index is 0. The molecular weight excluding hydrogens is 338 g/mol. The van der Waals surface area contributed by atoms with E-state index in [4.69, 9.17) is 5.73 Å². The lowest BCUT2D eigenvalue weighted by molar-refractivity contribution is -0.134. The maximum atomic E-state index is 12.3. The number of rotatable bonds is 5. The van der Waals surface area contributed by atoms with Crippen molar-refractivity contribution in [2.75, 3.05) is 31.9 Å². The van der Waals surface area contributed by atoms with Gasteiger partial charge in [0, 0.05) is 38.6 Å². The second kappa shape index (κ2) is 8.14. The van der Waals surface area contributed by atoms with Crippen LogP contribution in [0, 0.1) is 5.41 Å². The Hall–Kier alpha value is -0.370. The van der Waals surface area contributed by atoms with E-state index >= 15 is 0 Å². The molecular formula is C15H30ClN3O3S. The Bertz CT molecular complexity index is 504. The van der Waals surface area contributed by atoms with Crippen molar-refractivity contribution >= 4 is 28.3 Å². The van der Waals surface area contributed by atoms with Crippen molar-refractivity contribution in [2.45, 2.75) is 52.0 Å². The standard InChI is InChI=1S/C15H29N3O3S.ClH/c1-15(2)12-17(10-7-13(15)16)14(19)6-5-11-22(20,21)18-8-3-4-9-18;/h13H,3-12,16H2,1-2H3;1H. The Morgan fingerprint density at radius 2 is 1.83 bits per heavy atom. The number of sulfonamides is 1. The minimum atomic E-state index is -3.18. The van der Waals surface area contributed by atoms with Gasteiger partial charge in [-0.3, -0.25) is 4.79 Å². The molecule has 0 aromatic rings. The van der Waals surface area contributed by atoms with E-state index in [0.717, 1.165) is 19.3 Å². The van der Waals surface area contributed by atoms with Crippen LogP contribution in [0.2, 0.25) is 0 Å². The Morgan fingerprint density at radius 1 is 1.22 bits per heavy atom. The first-order valence-electron chi connectivity index (χ1n) is 8.23. The molecule has 0 radical (unpaired) electrons. The van der Waals surface area contributed by atoms with Gasteiger partial charge in [0.05, 0.1) is 5.75 Å². The van der Waals surface area contributed by atoms with Gasteiger partial charge in [0.15, 0.2) is 0 Å². The molecule has 1 unspecified atom stereocenters. The van der Waals surface area contributed by atoms with Crippen LogP contribution in [-0.2, 0) is 14.8 Å². The fraction of sp³-hybridized carbons (Fsp3) is 0.933. The van der Waals surface area contributed by atoms with Crippen molar-refractivity contribution in [1.29, 1.82) is 0 Å². The Balaban J connectivity index is 0.00000264. The van der Waals surface area contributed by atoms with E-state index in [9.17, 15) is 13.2 Å². The van der Waals surface area contributed by atoms with Crippen LogP contribution in [0.3, 0.4) is 0 Å². The lowest BCUT2D eigenvalue weighted by Crippen LogP contribution is -2.54. The number of carbonyl (C=O) groups excluding carboxylic acids is 1. The van der Waals surface area contributed by atoms with E-state index < -0.39 is 10.0 Å². The SMILES string of the molecule is CC1(C)CN(C(=O)CCCS(=O)(=O)N2CCCC2)CCC1N.Cl. The van der Waals surface area contributed by atoms with Gasteiger partial charge < -0.3 is 10.6 Å². The molecule has 136 valence electrons. The molecule has 2 rings (SSSR count). The van der Waals surface area contributed by atoms with Crippen molar-refractivity contribution in [3.05, 3.63) is 0 Å². The van der Waals surface area contributed by atoms with Crippen molar-refractivity contribution in [2.24, 2.45) is 11.1 Å². The van der Waals surface area contributed by atoms with Crippen molar-refractivity contribution in [3.8, 4) is 0 Å². The van der Waals surface area contributed by atoms with E-state index in [-0.39, 0.29) is 35.5 Å². The third-order valence-corrected chi connectivity index (χ3v) is 6.87. The first-order chi connectivity index (χ1) is 10.2. The summed E-state index contributed by atoms with van der Waals surface area (Å²) in [5.41, 5.74) is 6.01. The normalized spacial score (nSPS) is 25.2. The van der Waals surface area contributed by atoms with Gasteiger partial charge in [-0.15, -0.1) is 12.4 Å². The number of halogens is 1. The molecule has 0 aromatic carbocycles. The van der Waals surface area contributed by atoms with Gasteiger partial charge in [-0.05, 0) is 31.1 Å². The molecule has 0 bridgehead atoms. The average molecular weight is 368 g/mol. The fourth-order valence-electron chi connectivity index (χ4n) is 3.25. The highest BCUT2D eigenvalue weighted by Gasteiger charge is 2.35. The molecule has 0 spiro atoms. The van der Waals surface area contributed by atoms with Gasteiger partial charge in [-0.25, -0.2) is 12.7 Å². The maximum absolute atomic E-state index is 12.3. The second-order valence-corrected chi connectivity index (χ2v) is 9.31. The Morgan fingerprint density at radius 3 is 2.39 bits per heavy atom. The second-order valence-electron chi connectivity index (χ2n) is 7.22. The molecule has 2 aliphatic heterocycles. The molecule has 6 nitrogen and oxygen atoms in total. The predicted octanol–water partition coefficient (Wildman–Crippen LogP) is 1.20.